The van der Waals surface area contributed by atoms with Crippen LogP contribution in [0.4, 0.5) is 4.39 Å². The minimum absolute atomic E-state index is 0.168. The first-order valence-corrected chi connectivity index (χ1v) is 4.45. The minimum Gasteiger partial charge on any atom is -0.368 e. The lowest BCUT2D eigenvalue weighted by Crippen LogP contribution is -2.52. The molecule has 1 rings (SSSR count). The number of hydrogen-bond donors (Lipinski definition) is 2. The summed E-state index contributed by atoms with van der Waals surface area (Å²) >= 11 is 0. The molecule has 3 atom stereocenters. The molecule has 1 amide bonds. The molecule has 0 aromatic heterocycles. The first-order chi connectivity index (χ1) is 6.02. The Labute approximate surface area is 77.1 Å². The summed E-state index contributed by atoms with van der Waals surface area (Å²) in [7, 11) is 0. The summed E-state index contributed by atoms with van der Waals surface area (Å²) in [6, 6.07) is -0.872. The van der Waals surface area contributed by atoms with Crippen LogP contribution in [0.5, 0.6) is 0 Å². The van der Waals surface area contributed by atoms with Gasteiger partial charge in [0, 0.05) is 19.1 Å². The number of alkyl halides is 1. The van der Waals surface area contributed by atoms with Gasteiger partial charge in [0.1, 0.15) is 6.17 Å². The zero-order valence-corrected chi connectivity index (χ0v) is 7.74. The molecule has 5 heteroatoms. The Kier molecular flexibility index (Phi) is 3.22. The second kappa shape index (κ2) is 4.02. The number of rotatable bonds is 3. The van der Waals surface area contributed by atoms with Crippen molar-refractivity contribution in [3.8, 4) is 0 Å². The molecule has 4 nitrogen and oxygen atoms in total. The fourth-order valence-corrected chi connectivity index (χ4v) is 1.58. The van der Waals surface area contributed by atoms with Crippen LogP contribution in [0, 0.1) is 0 Å². The van der Waals surface area contributed by atoms with Crippen LogP contribution in [0.25, 0.3) is 0 Å². The summed E-state index contributed by atoms with van der Waals surface area (Å²) in [4.78, 5) is 12.6. The van der Waals surface area contributed by atoms with E-state index in [2.05, 4.69) is 0 Å². The average molecular weight is 189 g/mol. The monoisotopic (exact) mass is 189 g/mol. The lowest BCUT2D eigenvalue weighted by atomic mass is 10.1. The van der Waals surface area contributed by atoms with E-state index < -0.39 is 18.1 Å². The quantitative estimate of drug-likeness (QED) is 0.612. The predicted molar refractivity (Wildman–Crippen MR) is 47.7 cm³/mol. The largest absolute Gasteiger partial charge is 0.368 e. The van der Waals surface area contributed by atoms with E-state index in [0.29, 0.717) is 19.5 Å². The highest BCUT2D eigenvalue weighted by Gasteiger charge is 2.30. The molecule has 3 unspecified atom stereocenters. The van der Waals surface area contributed by atoms with E-state index >= 15 is 0 Å². The maximum atomic E-state index is 12.8. The van der Waals surface area contributed by atoms with Gasteiger partial charge in [-0.15, -0.1) is 0 Å². The van der Waals surface area contributed by atoms with Gasteiger partial charge in [-0.25, -0.2) is 4.39 Å². The van der Waals surface area contributed by atoms with E-state index in [4.69, 9.17) is 11.5 Å². The van der Waals surface area contributed by atoms with Gasteiger partial charge in [-0.2, -0.15) is 0 Å². The van der Waals surface area contributed by atoms with Crippen molar-refractivity contribution in [3.63, 3.8) is 0 Å². The lowest BCUT2D eigenvalue weighted by Gasteiger charge is -2.26. The number of nitrogens with zero attached hydrogens (tertiary/aromatic N) is 1. The molecule has 1 aliphatic rings. The fourth-order valence-electron chi connectivity index (χ4n) is 1.58. The third-order valence-electron chi connectivity index (χ3n) is 2.59. The highest BCUT2D eigenvalue weighted by atomic mass is 19.1. The summed E-state index contributed by atoms with van der Waals surface area (Å²) in [6.45, 7) is 2.82. The van der Waals surface area contributed by atoms with Crippen molar-refractivity contribution in [2.45, 2.75) is 31.6 Å². The van der Waals surface area contributed by atoms with Gasteiger partial charge >= 0.3 is 0 Å². The average Bonchev–Trinajstić information content (AvgIpc) is 2.49. The third kappa shape index (κ3) is 2.38. The molecular formula is C8H16FN3O. The number of hydrogen-bond acceptors (Lipinski definition) is 3. The number of primary amides is 1. The minimum atomic E-state index is -0.789. The molecule has 1 aliphatic heterocycles. The smallest absolute Gasteiger partial charge is 0.235 e. The van der Waals surface area contributed by atoms with Crippen LogP contribution in [0.1, 0.15) is 13.3 Å². The molecule has 1 heterocycles. The SMILES string of the molecule is CC(C(N)C(N)=O)N1CCC(F)C1. The number of nitrogens with two attached hydrogens (primary N) is 2. The van der Waals surface area contributed by atoms with Crippen LogP contribution in [0.3, 0.4) is 0 Å². The Bertz CT molecular complexity index is 200. The standard InChI is InChI=1S/C8H16FN3O/c1-5(7(10)8(11)13)12-3-2-6(9)4-12/h5-7H,2-4,10H2,1H3,(H2,11,13). The van der Waals surface area contributed by atoms with Crippen LogP contribution < -0.4 is 11.5 Å². The zero-order chi connectivity index (χ0) is 10.0. The molecule has 0 spiro atoms. The predicted octanol–water partition coefficient (Wildman–Crippen LogP) is -0.769. The van der Waals surface area contributed by atoms with Crippen molar-refractivity contribution in [3.05, 3.63) is 0 Å². The molecule has 0 saturated carbocycles. The highest BCUT2D eigenvalue weighted by molar-refractivity contribution is 5.80. The van der Waals surface area contributed by atoms with E-state index in [0.717, 1.165) is 0 Å². The van der Waals surface area contributed by atoms with E-state index in [1.54, 1.807) is 6.92 Å². The molecule has 76 valence electrons. The van der Waals surface area contributed by atoms with E-state index in [9.17, 15) is 9.18 Å². The number of carbonyl (C=O) groups excluding carboxylic acids is 1. The summed E-state index contributed by atoms with van der Waals surface area (Å²) in [5.74, 6) is -0.533. The fraction of sp³-hybridized carbons (Fsp3) is 0.875. The molecule has 0 aromatic rings. The van der Waals surface area contributed by atoms with E-state index in [1.807, 2.05) is 4.90 Å². The Balaban J connectivity index is 2.47. The molecule has 0 radical (unpaired) electrons. The number of amides is 1. The van der Waals surface area contributed by atoms with Crippen LogP contribution in [0.15, 0.2) is 0 Å². The van der Waals surface area contributed by atoms with E-state index in [-0.39, 0.29) is 6.04 Å². The van der Waals surface area contributed by atoms with Crippen molar-refractivity contribution in [1.82, 2.24) is 4.90 Å². The molecule has 4 N–H and O–H groups in total. The van der Waals surface area contributed by atoms with Crippen LogP contribution in [-0.4, -0.2) is 42.2 Å². The molecule has 0 bridgehead atoms. The van der Waals surface area contributed by atoms with Gasteiger partial charge < -0.3 is 11.5 Å². The topological polar surface area (TPSA) is 72.3 Å². The third-order valence-corrected chi connectivity index (χ3v) is 2.59. The van der Waals surface area contributed by atoms with Gasteiger partial charge in [0.2, 0.25) is 5.91 Å². The summed E-state index contributed by atoms with van der Waals surface area (Å²) in [5.41, 5.74) is 10.6. The molecule has 1 saturated heterocycles. The highest BCUT2D eigenvalue weighted by Crippen LogP contribution is 2.16. The molecule has 13 heavy (non-hydrogen) atoms. The molecule has 1 fully saturated rings. The number of likely N-dealkylation sites (tertiary alicyclic amines) is 1. The van der Waals surface area contributed by atoms with Gasteiger partial charge in [0.15, 0.2) is 0 Å². The molecule has 0 aromatic carbocycles. The van der Waals surface area contributed by atoms with Crippen molar-refractivity contribution in [2.24, 2.45) is 11.5 Å². The number of halogens is 1. The lowest BCUT2D eigenvalue weighted by molar-refractivity contribution is -0.120. The molecule has 0 aliphatic carbocycles. The second-order valence-electron chi connectivity index (χ2n) is 3.55. The van der Waals surface area contributed by atoms with Crippen molar-refractivity contribution < 1.29 is 9.18 Å². The maximum absolute atomic E-state index is 12.8. The van der Waals surface area contributed by atoms with Gasteiger partial charge in [0.05, 0.1) is 6.04 Å². The summed E-state index contributed by atoms with van der Waals surface area (Å²) in [5, 5.41) is 0. The second-order valence-corrected chi connectivity index (χ2v) is 3.55. The van der Waals surface area contributed by atoms with Crippen LogP contribution in [-0.2, 0) is 4.79 Å². The summed E-state index contributed by atoms with van der Waals surface area (Å²) in [6.07, 6.45) is -0.266. The van der Waals surface area contributed by atoms with Crippen LogP contribution >= 0.6 is 0 Å². The maximum Gasteiger partial charge on any atom is 0.235 e. The van der Waals surface area contributed by atoms with Crippen molar-refractivity contribution in [2.75, 3.05) is 13.1 Å². The normalized spacial score (nSPS) is 28.7. The van der Waals surface area contributed by atoms with Crippen molar-refractivity contribution in [1.29, 1.82) is 0 Å². The van der Waals surface area contributed by atoms with Crippen LogP contribution in [0.2, 0.25) is 0 Å². The van der Waals surface area contributed by atoms with Crippen molar-refractivity contribution >= 4 is 5.91 Å². The Morgan fingerprint density at radius 2 is 2.31 bits per heavy atom. The summed E-state index contributed by atoms with van der Waals surface area (Å²) < 4.78 is 12.8. The Morgan fingerprint density at radius 3 is 2.69 bits per heavy atom. The number of carbonyl (C=O) groups is 1. The first kappa shape index (κ1) is 10.4. The van der Waals surface area contributed by atoms with Gasteiger partial charge in [-0.3, -0.25) is 9.69 Å². The van der Waals surface area contributed by atoms with Gasteiger partial charge in [0.25, 0.3) is 0 Å². The first-order valence-electron chi connectivity index (χ1n) is 4.45. The van der Waals surface area contributed by atoms with E-state index in [1.165, 1.54) is 0 Å². The zero-order valence-electron chi connectivity index (χ0n) is 7.74. The Hall–Kier alpha value is -0.680. The molecular weight excluding hydrogens is 173 g/mol. The van der Waals surface area contributed by atoms with Gasteiger partial charge in [-0.05, 0) is 13.3 Å². The van der Waals surface area contributed by atoms with Gasteiger partial charge in [-0.1, -0.05) is 0 Å². The Morgan fingerprint density at radius 1 is 1.69 bits per heavy atom.